The number of rotatable bonds is 7. The molecule has 0 aromatic heterocycles. The maximum atomic E-state index is 12.5. The summed E-state index contributed by atoms with van der Waals surface area (Å²) in [6.45, 7) is 6.50. The minimum absolute atomic E-state index is 0.0782. The van der Waals surface area contributed by atoms with Crippen molar-refractivity contribution in [2.75, 3.05) is 17.6 Å². The third kappa shape index (κ3) is 5.02. The maximum absolute atomic E-state index is 12.5. The molecule has 2 amide bonds. The third-order valence-corrected chi connectivity index (χ3v) is 6.84. The summed E-state index contributed by atoms with van der Waals surface area (Å²) in [6.07, 6.45) is 6.15. The standard InChI is InChI=1S/C20H31N3O3S/c1-13(2)21-11-14(3)12-27(25,26)23-20(24)22-19-17-8-4-6-15(17)10-16-7-5-9-18(16)19/h10,13-14,21H,4-9,11-12H2,1-3H3,(H2,22,23,24). The Kier molecular flexibility index (Phi) is 6.11. The topological polar surface area (TPSA) is 87.3 Å². The fourth-order valence-electron chi connectivity index (χ4n) is 4.16. The molecule has 2 aliphatic rings. The molecule has 1 unspecified atom stereocenters. The smallest absolute Gasteiger partial charge is 0.314 e. The molecule has 0 saturated heterocycles. The first-order valence-electron chi connectivity index (χ1n) is 9.96. The molecule has 0 bridgehead atoms. The maximum Gasteiger partial charge on any atom is 0.332 e. The van der Waals surface area contributed by atoms with E-state index in [0.29, 0.717) is 12.6 Å². The Balaban J connectivity index is 1.66. The van der Waals surface area contributed by atoms with E-state index in [0.717, 1.165) is 44.2 Å². The van der Waals surface area contributed by atoms with Gasteiger partial charge in [-0.15, -0.1) is 0 Å². The zero-order chi connectivity index (χ0) is 19.6. The lowest BCUT2D eigenvalue weighted by Crippen LogP contribution is -2.39. The van der Waals surface area contributed by atoms with Crippen molar-refractivity contribution in [3.05, 3.63) is 28.3 Å². The van der Waals surface area contributed by atoms with Gasteiger partial charge in [-0.3, -0.25) is 0 Å². The van der Waals surface area contributed by atoms with Crippen LogP contribution < -0.4 is 15.4 Å². The molecule has 3 N–H and O–H groups in total. The SMILES string of the molecule is CC(CNC(C)C)CS(=O)(=O)NC(=O)Nc1c2c(cc3c1CCC3)CCC2. The zero-order valence-electron chi connectivity index (χ0n) is 16.5. The van der Waals surface area contributed by atoms with Crippen LogP contribution in [-0.4, -0.2) is 32.8 Å². The van der Waals surface area contributed by atoms with Crippen LogP contribution >= 0.6 is 0 Å². The summed E-state index contributed by atoms with van der Waals surface area (Å²) < 4.78 is 26.9. The van der Waals surface area contributed by atoms with Gasteiger partial charge in [-0.2, -0.15) is 0 Å². The van der Waals surface area contributed by atoms with Crippen LogP contribution in [0, 0.1) is 5.92 Å². The molecule has 0 radical (unpaired) electrons. The van der Waals surface area contributed by atoms with E-state index in [1.165, 1.54) is 22.3 Å². The highest BCUT2D eigenvalue weighted by Gasteiger charge is 2.26. The molecular weight excluding hydrogens is 362 g/mol. The number of carbonyl (C=O) groups excluding carboxylic acids is 1. The number of hydrogen-bond donors (Lipinski definition) is 3. The van der Waals surface area contributed by atoms with Gasteiger partial charge in [0.1, 0.15) is 0 Å². The number of anilines is 1. The molecule has 0 fully saturated rings. The molecule has 27 heavy (non-hydrogen) atoms. The van der Waals surface area contributed by atoms with E-state index in [9.17, 15) is 13.2 Å². The molecule has 150 valence electrons. The highest BCUT2D eigenvalue weighted by atomic mass is 32.2. The molecule has 1 atom stereocenters. The molecule has 1 aromatic rings. The summed E-state index contributed by atoms with van der Waals surface area (Å²) in [7, 11) is -3.68. The fourth-order valence-corrected chi connectivity index (χ4v) is 5.44. The van der Waals surface area contributed by atoms with Crippen LogP contribution in [0.25, 0.3) is 0 Å². The molecular formula is C20H31N3O3S. The highest BCUT2D eigenvalue weighted by molar-refractivity contribution is 7.90. The lowest BCUT2D eigenvalue weighted by molar-refractivity contribution is 0.256. The molecule has 0 heterocycles. The van der Waals surface area contributed by atoms with Crippen molar-refractivity contribution in [1.82, 2.24) is 10.0 Å². The van der Waals surface area contributed by atoms with E-state index < -0.39 is 16.1 Å². The van der Waals surface area contributed by atoms with Crippen LogP contribution in [0.5, 0.6) is 0 Å². The Morgan fingerprint density at radius 1 is 1.04 bits per heavy atom. The molecule has 3 rings (SSSR count). The first-order valence-corrected chi connectivity index (χ1v) is 11.6. The second-order valence-corrected chi connectivity index (χ2v) is 10.0. The average Bonchev–Trinajstić information content (AvgIpc) is 3.20. The Labute approximate surface area is 162 Å². The molecule has 6 nitrogen and oxygen atoms in total. The minimum atomic E-state index is -3.68. The summed E-state index contributed by atoms with van der Waals surface area (Å²) in [5.74, 6) is -0.159. The van der Waals surface area contributed by atoms with Gasteiger partial charge in [0.2, 0.25) is 10.0 Å². The van der Waals surface area contributed by atoms with E-state index >= 15 is 0 Å². The number of sulfonamides is 1. The predicted octanol–water partition coefficient (Wildman–Crippen LogP) is 2.75. The van der Waals surface area contributed by atoms with Crippen molar-refractivity contribution < 1.29 is 13.2 Å². The van der Waals surface area contributed by atoms with Gasteiger partial charge in [-0.1, -0.05) is 26.8 Å². The van der Waals surface area contributed by atoms with E-state index in [1.807, 2.05) is 20.8 Å². The van der Waals surface area contributed by atoms with Crippen LogP contribution in [0.3, 0.4) is 0 Å². The number of nitrogens with one attached hydrogen (secondary N) is 3. The molecule has 7 heteroatoms. The minimum Gasteiger partial charge on any atom is -0.314 e. The normalized spacial score (nSPS) is 16.9. The van der Waals surface area contributed by atoms with Gasteiger partial charge in [0, 0.05) is 11.7 Å². The Morgan fingerprint density at radius 3 is 2.19 bits per heavy atom. The average molecular weight is 394 g/mol. The van der Waals surface area contributed by atoms with Gasteiger partial charge in [0.15, 0.2) is 0 Å². The Bertz CT molecular complexity index is 786. The van der Waals surface area contributed by atoms with E-state index in [4.69, 9.17) is 0 Å². The van der Waals surface area contributed by atoms with E-state index in [1.54, 1.807) is 0 Å². The van der Waals surface area contributed by atoms with Crippen molar-refractivity contribution in [1.29, 1.82) is 0 Å². The molecule has 1 aromatic carbocycles. The van der Waals surface area contributed by atoms with Crippen LogP contribution in [-0.2, 0) is 35.7 Å². The lowest BCUT2D eigenvalue weighted by Gasteiger charge is -2.18. The summed E-state index contributed by atoms with van der Waals surface area (Å²) in [6, 6.07) is 1.94. The number of carbonyl (C=O) groups is 1. The Hall–Kier alpha value is -1.60. The number of benzene rings is 1. The van der Waals surface area contributed by atoms with Crippen molar-refractivity contribution in [2.45, 2.75) is 65.3 Å². The van der Waals surface area contributed by atoms with E-state index in [-0.39, 0.29) is 11.7 Å². The molecule has 0 spiro atoms. The Morgan fingerprint density at radius 2 is 1.63 bits per heavy atom. The third-order valence-electron chi connectivity index (χ3n) is 5.34. The number of fused-ring (bicyclic) bond motifs is 2. The predicted molar refractivity (Wildman–Crippen MR) is 109 cm³/mol. The number of hydrogen-bond acceptors (Lipinski definition) is 4. The van der Waals surface area contributed by atoms with Gasteiger partial charge in [-0.05, 0) is 73.2 Å². The zero-order valence-corrected chi connectivity index (χ0v) is 17.3. The monoisotopic (exact) mass is 393 g/mol. The number of amides is 2. The summed E-state index contributed by atoms with van der Waals surface area (Å²) >= 11 is 0. The lowest BCUT2D eigenvalue weighted by atomic mass is 9.99. The van der Waals surface area contributed by atoms with Gasteiger partial charge < -0.3 is 10.6 Å². The number of urea groups is 1. The summed E-state index contributed by atoms with van der Waals surface area (Å²) in [5, 5.41) is 6.10. The fraction of sp³-hybridized carbons (Fsp3) is 0.650. The second kappa shape index (κ2) is 8.19. The van der Waals surface area contributed by atoms with Gasteiger partial charge in [-0.25, -0.2) is 17.9 Å². The molecule has 2 aliphatic carbocycles. The van der Waals surface area contributed by atoms with Crippen LogP contribution in [0.4, 0.5) is 10.5 Å². The number of aryl methyl sites for hydroxylation is 2. The van der Waals surface area contributed by atoms with Crippen molar-refractivity contribution in [2.24, 2.45) is 5.92 Å². The van der Waals surface area contributed by atoms with E-state index in [2.05, 4.69) is 21.4 Å². The van der Waals surface area contributed by atoms with Crippen molar-refractivity contribution in [3.63, 3.8) is 0 Å². The van der Waals surface area contributed by atoms with Gasteiger partial charge in [0.25, 0.3) is 0 Å². The van der Waals surface area contributed by atoms with Crippen LogP contribution in [0.2, 0.25) is 0 Å². The van der Waals surface area contributed by atoms with Crippen LogP contribution in [0.1, 0.15) is 55.9 Å². The summed E-state index contributed by atoms with van der Waals surface area (Å²) in [4.78, 5) is 12.5. The van der Waals surface area contributed by atoms with Gasteiger partial charge >= 0.3 is 6.03 Å². The molecule has 0 aliphatic heterocycles. The summed E-state index contributed by atoms with van der Waals surface area (Å²) in [5.41, 5.74) is 5.86. The largest absolute Gasteiger partial charge is 0.332 e. The first kappa shape index (κ1) is 20.1. The van der Waals surface area contributed by atoms with Gasteiger partial charge in [0.05, 0.1) is 5.75 Å². The van der Waals surface area contributed by atoms with Crippen molar-refractivity contribution >= 4 is 21.7 Å². The van der Waals surface area contributed by atoms with Crippen molar-refractivity contribution in [3.8, 4) is 0 Å². The van der Waals surface area contributed by atoms with Crippen LogP contribution in [0.15, 0.2) is 6.07 Å². The highest BCUT2D eigenvalue weighted by Crippen LogP contribution is 2.38. The quantitative estimate of drug-likeness (QED) is 0.665. The first-order chi connectivity index (χ1) is 12.7. The second-order valence-electron chi connectivity index (χ2n) is 8.24. The molecule has 0 saturated carbocycles.